The van der Waals surface area contributed by atoms with E-state index in [9.17, 15) is 9.59 Å². The molecular weight excluding hydrogens is 392 g/mol. The van der Waals surface area contributed by atoms with E-state index in [0.29, 0.717) is 41.7 Å². The maximum absolute atomic E-state index is 12.8. The molecule has 7 nitrogen and oxygen atoms in total. The highest BCUT2D eigenvalue weighted by atomic mass is 35.5. The third-order valence-electron chi connectivity index (χ3n) is 4.51. The van der Waals surface area contributed by atoms with Gasteiger partial charge in [0.15, 0.2) is 0 Å². The Hall–Kier alpha value is -2.77. The fraction of sp³-hybridized carbons (Fsp3) is 0.333. The summed E-state index contributed by atoms with van der Waals surface area (Å²) in [6.45, 7) is 2.78. The molecular formula is C21H25ClN4O3. The second-order valence-corrected chi connectivity index (χ2v) is 7.45. The summed E-state index contributed by atoms with van der Waals surface area (Å²) in [6, 6.07) is 12.4. The van der Waals surface area contributed by atoms with Crippen molar-refractivity contribution in [2.24, 2.45) is 0 Å². The molecule has 29 heavy (non-hydrogen) atoms. The minimum absolute atomic E-state index is 0.0319. The van der Waals surface area contributed by atoms with Gasteiger partial charge >= 0.3 is 0 Å². The lowest BCUT2D eigenvalue weighted by Crippen LogP contribution is -2.47. The van der Waals surface area contributed by atoms with E-state index in [1.807, 2.05) is 36.0 Å². The van der Waals surface area contributed by atoms with Gasteiger partial charge in [0, 0.05) is 25.3 Å². The van der Waals surface area contributed by atoms with Gasteiger partial charge in [0.1, 0.15) is 12.4 Å². The lowest BCUT2D eigenvalue weighted by atomic mass is 10.1. The van der Waals surface area contributed by atoms with Crippen LogP contribution < -0.4 is 20.3 Å². The summed E-state index contributed by atoms with van der Waals surface area (Å²) < 4.78 is 5.77. The summed E-state index contributed by atoms with van der Waals surface area (Å²) in [4.78, 5) is 28.3. The molecule has 0 spiro atoms. The zero-order chi connectivity index (χ0) is 20.8. The van der Waals surface area contributed by atoms with Crippen LogP contribution in [0, 0.1) is 0 Å². The molecule has 0 aromatic heterocycles. The van der Waals surface area contributed by atoms with Crippen LogP contribution >= 0.6 is 11.6 Å². The number of nitrogens with one attached hydrogen (secondary N) is 2. The van der Waals surface area contributed by atoms with Crippen molar-refractivity contribution in [3.8, 4) is 5.75 Å². The molecule has 0 atom stereocenters. The topological polar surface area (TPSA) is 73.9 Å². The molecule has 154 valence electrons. The maximum Gasteiger partial charge on any atom is 0.259 e. The van der Waals surface area contributed by atoms with Crippen molar-refractivity contribution in [3.63, 3.8) is 0 Å². The van der Waals surface area contributed by atoms with Gasteiger partial charge in [0.25, 0.3) is 5.91 Å². The number of rotatable bonds is 7. The number of hydrogen-bond donors (Lipinski definition) is 2. The highest BCUT2D eigenvalue weighted by Crippen LogP contribution is 2.30. The summed E-state index contributed by atoms with van der Waals surface area (Å²) in [5.74, 6) is 0.232. The van der Waals surface area contributed by atoms with Crippen LogP contribution in [0.15, 0.2) is 42.5 Å². The van der Waals surface area contributed by atoms with E-state index in [4.69, 9.17) is 16.3 Å². The summed E-state index contributed by atoms with van der Waals surface area (Å²) in [6.07, 6.45) is 0. The van der Waals surface area contributed by atoms with Crippen LogP contribution in [0.3, 0.4) is 0 Å². The predicted octanol–water partition coefficient (Wildman–Crippen LogP) is 2.47. The summed E-state index contributed by atoms with van der Waals surface area (Å²) in [7, 11) is 3.93. The first-order chi connectivity index (χ1) is 13.9. The SMILES string of the molecule is CN(C)CCOc1ccccc1C(=O)Nc1ccc(N2CCNC(=O)C2)c(Cl)c1. The van der Waals surface area contributed by atoms with Gasteiger partial charge in [-0.15, -0.1) is 0 Å². The Balaban J connectivity index is 1.69. The number of amides is 2. The van der Waals surface area contributed by atoms with Crippen LogP contribution in [-0.2, 0) is 4.79 Å². The van der Waals surface area contributed by atoms with Crippen LogP contribution in [0.25, 0.3) is 0 Å². The molecule has 1 saturated heterocycles. The van der Waals surface area contributed by atoms with Gasteiger partial charge in [-0.25, -0.2) is 0 Å². The van der Waals surface area contributed by atoms with Crippen molar-refractivity contribution in [3.05, 3.63) is 53.1 Å². The first kappa shape index (κ1) is 21.0. The van der Waals surface area contributed by atoms with Gasteiger partial charge in [0.2, 0.25) is 5.91 Å². The third-order valence-corrected chi connectivity index (χ3v) is 4.82. The smallest absolute Gasteiger partial charge is 0.259 e. The van der Waals surface area contributed by atoms with Crippen molar-refractivity contribution >= 4 is 34.8 Å². The third kappa shape index (κ3) is 5.62. The van der Waals surface area contributed by atoms with E-state index in [-0.39, 0.29) is 18.4 Å². The molecule has 1 aliphatic heterocycles. The second kappa shape index (κ2) is 9.62. The molecule has 0 unspecified atom stereocenters. The fourth-order valence-electron chi connectivity index (χ4n) is 3.00. The molecule has 8 heteroatoms. The number of piperazine rings is 1. The first-order valence-electron chi connectivity index (χ1n) is 9.43. The van der Waals surface area contributed by atoms with Crippen molar-refractivity contribution in [1.82, 2.24) is 10.2 Å². The predicted molar refractivity (Wildman–Crippen MR) is 115 cm³/mol. The normalized spacial score (nSPS) is 13.9. The summed E-state index contributed by atoms with van der Waals surface area (Å²) in [5, 5.41) is 6.13. The monoisotopic (exact) mass is 416 g/mol. The average Bonchev–Trinajstić information content (AvgIpc) is 2.68. The van der Waals surface area contributed by atoms with Crippen LogP contribution in [-0.4, -0.2) is 63.6 Å². The Morgan fingerprint density at radius 3 is 2.79 bits per heavy atom. The van der Waals surface area contributed by atoms with Crippen LogP contribution in [0.2, 0.25) is 5.02 Å². The number of para-hydroxylation sites is 1. The number of halogens is 1. The summed E-state index contributed by atoms with van der Waals surface area (Å²) >= 11 is 6.42. The molecule has 2 aromatic carbocycles. The number of benzene rings is 2. The number of nitrogens with zero attached hydrogens (tertiary/aromatic N) is 2. The largest absolute Gasteiger partial charge is 0.491 e. The summed E-state index contributed by atoms with van der Waals surface area (Å²) in [5.41, 5.74) is 1.80. The van der Waals surface area contributed by atoms with Gasteiger partial charge in [-0.05, 0) is 44.4 Å². The fourth-order valence-corrected chi connectivity index (χ4v) is 3.30. The number of carbonyl (C=O) groups is 2. The molecule has 0 aliphatic carbocycles. The molecule has 1 heterocycles. The lowest BCUT2D eigenvalue weighted by Gasteiger charge is -2.29. The maximum atomic E-state index is 12.8. The number of hydrogen-bond acceptors (Lipinski definition) is 5. The quantitative estimate of drug-likeness (QED) is 0.725. The van der Waals surface area contributed by atoms with Crippen LogP contribution in [0.5, 0.6) is 5.75 Å². The highest BCUT2D eigenvalue weighted by Gasteiger charge is 2.19. The molecule has 2 amide bonds. The Morgan fingerprint density at radius 2 is 2.07 bits per heavy atom. The first-order valence-corrected chi connectivity index (χ1v) is 9.81. The van der Waals surface area contributed by atoms with Crippen molar-refractivity contribution in [2.75, 3.05) is 57.1 Å². The van der Waals surface area contributed by atoms with E-state index in [0.717, 1.165) is 12.2 Å². The van der Waals surface area contributed by atoms with Crippen molar-refractivity contribution in [2.45, 2.75) is 0 Å². The van der Waals surface area contributed by atoms with E-state index >= 15 is 0 Å². The van der Waals surface area contributed by atoms with Gasteiger partial charge < -0.3 is 25.2 Å². The van der Waals surface area contributed by atoms with Gasteiger partial charge in [-0.1, -0.05) is 23.7 Å². The van der Waals surface area contributed by atoms with Gasteiger partial charge in [-0.3, -0.25) is 9.59 Å². The van der Waals surface area contributed by atoms with Crippen molar-refractivity contribution < 1.29 is 14.3 Å². The number of anilines is 2. The molecule has 1 fully saturated rings. The zero-order valence-electron chi connectivity index (χ0n) is 16.6. The van der Waals surface area contributed by atoms with Gasteiger partial charge in [0.05, 0.1) is 22.8 Å². The number of carbonyl (C=O) groups excluding carboxylic acids is 2. The highest BCUT2D eigenvalue weighted by molar-refractivity contribution is 6.33. The molecule has 0 radical (unpaired) electrons. The van der Waals surface area contributed by atoms with E-state index in [1.165, 1.54) is 0 Å². The minimum atomic E-state index is -0.272. The van der Waals surface area contributed by atoms with Crippen molar-refractivity contribution in [1.29, 1.82) is 0 Å². The molecule has 1 aliphatic rings. The second-order valence-electron chi connectivity index (χ2n) is 7.04. The molecule has 0 bridgehead atoms. The molecule has 2 aromatic rings. The Labute approximate surface area is 175 Å². The molecule has 2 N–H and O–H groups in total. The minimum Gasteiger partial charge on any atom is -0.491 e. The lowest BCUT2D eigenvalue weighted by molar-refractivity contribution is -0.120. The van der Waals surface area contributed by atoms with Crippen LogP contribution in [0.1, 0.15) is 10.4 Å². The zero-order valence-corrected chi connectivity index (χ0v) is 17.3. The Morgan fingerprint density at radius 1 is 1.28 bits per heavy atom. The average molecular weight is 417 g/mol. The van der Waals surface area contributed by atoms with Gasteiger partial charge in [-0.2, -0.15) is 0 Å². The Kier molecular flexibility index (Phi) is 6.95. The van der Waals surface area contributed by atoms with E-state index in [2.05, 4.69) is 10.6 Å². The molecule has 0 saturated carbocycles. The number of ether oxygens (including phenoxy) is 1. The molecule has 3 rings (SSSR count). The number of likely N-dealkylation sites (N-methyl/N-ethyl adjacent to an activating group) is 1. The van der Waals surface area contributed by atoms with Crippen LogP contribution in [0.4, 0.5) is 11.4 Å². The van der Waals surface area contributed by atoms with E-state index < -0.39 is 0 Å². The van der Waals surface area contributed by atoms with E-state index in [1.54, 1.807) is 30.3 Å². The Bertz CT molecular complexity index is 888. The standard InChI is InChI=1S/C21H25ClN4O3/c1-25(2)11-12-29-19-6-4-3-5-16(19)21(28)24-15-7-8-18(17(22)13-15)26-10-9-23-20(27)14-26/h3-8,13H,9-12,14H2,1-2H3,(H,23,27)(H,24,28).